The normalized spacial score (nSPS) is 11.5. The standard InChI is InChI=1S/C21H26FN9.HI/c1-3-23-21(25-7-6-14-11-27-18-5-4-15(22)10-16(14)18)26-9-8-24-19-17-12-30-31(2)20(17)29-13-28-19;/h4-5,10-13,27H,3,6-9H2,1-2H3,(H2,23,25,26)(H,24,28,29);1H. The van der Waals surface area contributed by atoms with E-state index in [9.17, 15) is 4.39 Å². The summed E-state index contributed by atoms with van der Waals surface area (Å²) in [6.45, 7) is 4.70. The van der Waals surface area contributed by atoms with Gasteiger partial charge in [-0.1, -0.05) is 0 Å². The van der Waals surface area contributed by atoms with Gasteiger partial charge in [0.15, 0.2) is 11.6 Å². The zero-order chi connectivity index (χ0) is 21.6. The number of hydrogen-bond acceptors (Lipinski definition) is 5. The van der Waals surface area contributed by atoms with E-state index in [1.807, 2.05) is 20.2 Å². The minimum absolute atomic E-state index is 0. The highest BCUT2D eigenvalue weighted by atomic mass is 127. The van der Waals surface area contributed by atoms with E-state index in [2.05, 4.69) is 41.0 Å². The molecule has 0 amide bonds. The van der Waals surface area contributed by atoms with Gasteiger partial charge in [-0.05, 0) is 37.1 Å². The van der Waals surface area contributed by atoms with Crippen molar-refractivity contribution >= 4 is 57.7 Å². The minimum Gasteiger partial charge on any atom is -0.368 e. The van der Waals surface area contributed by atoms with Gasteiger partial charge in [-0.3, -0.25) is 9.67 Å². The van der Waals surface area contributed by atoms with E-state index in [1.165, 1.54) is 12.4 Å². The molecule has 0 aliphatic heterocycles. The summed E-state index contributed by atoms with van der Waals surface area (Å²) >= 11 is 0. The molecule has 0 spiro atoms. The molecule has 32 heavy (non-hydrogen) atoms. The highest BCUT2D eigenvalue weighted by molar-refractivity contribution is 14.0. The molecule has 0 aliphatic rings. The second-order valence-corrected chi connectivity index (χ2v) is 7.10. The number of fused-ring (bicyclic) bond motifs is 2. The topological polar surface area (TPSA) is 108 Å². The molecule has 0 fully saturated rings. The van der Waals surface area contributed by atoms with Gasteiger partial charge >= 0.3 is 0 Å². The van der Waals surface area contributed by atoms with Crippen LogP contribution in [-0.4, -0.2) is 56.9 Å². The maximum absolute atomic E-state index is 13.5. The van der Waals surface area contributed by atoms with Crippen LogP contribution in [0.25, 0.3) is 21.9 Å². The Hall–Kier alpha value is -2.96. The van der Waals surface area contributed by atoms with Crippen LogP contribution < -0.4 is 16.0 Å². The third-order valence-electron chi connectivity index (χ3n) is 4.96. The van der Waals surface area contributed by atoms with Crippen LogP contribution in [0.15, 0.2) is 41.9 Å². The summed E-state index contributed by atoms with van der Waals surface area (Å²) in [6, 6.07) is 4.78. The van der Waals surface area contributed by atoms with E-state index in [0.717, 1.165) is 52.2 Å². The van der Waals surface area contributed by atoms with Crippen LogP contribution in [0, 0.1) is 5.82 Å². The van der Waals surface area contributed by atoms with Crippen molar-refractivity contribution in [2.45, 2.75) is 13.3 Å². The van der Waals surface area contributed by atoms with Gasteiger partial charge in [0.2, 0.25) is 0 Å². The molecule has 4 aromatic rings. The van der Waals surface area contributed by atoms with E-state index in [-0.39, 0.29) is 29.8 Å². The Balaban J connectivity index is 0.00000289. The Labute approximate surface area is 202 Å². The zero-order valence-electron chi connectivity index (χ0n) is 18.0. The smallest absolute Gasteiger partial charge is 0.191 e. The summed E-state index contributed by atoms with van der Waals surface area (Å²) in [4.78, 5) is 16.4. The number of aliphatic imine (C=N–C) groups is 1. The maximum Gasteiger partial charge on any atom is 0.191 e. The molecule has 4 rings (SSSR count). The number of guanidine groups is 1. The first-order valence-corrected chi connectivity index (χ1v) is 10.3. The molecular weight excluding hydrogens is 524 g/mol. The van der Waals surface area contributed by atoms with Crippen molar-refractivity contribution in [2.75, 3.05) is 31.5 Å². The second-order valence-electron chi connectivity index (χ2n) is 7.10. The quantitative estimate of drug-likeness (QED) is 0.116. The Kier molecular flexibility index (Phi) is 8.20. The number of hydrogen-bond donors (Lipinski definition) is 4. The molecule has 0 bridgehead atoms. The van der Waals surface area contributed by atoms with Gasteiger partial charge in [-0.25, -0.2) is 14.4 Å². The molecule has 9 nitrogen and oxygen atoms in total. The second kappa shape index (κ2) is 11.1. The molecule has 0 atom stereocenters. The number of rotatable bonds is 8. The van der Waals surface area contributed by atoms with Crippen molar-refractivity contribution in [3.05, 3.63) is 48.3 Å². The molecule has 4 N–H and O–H groups in total. The number of H-pyrrole nitrogens is 1. The highest BCUT2D eigenvalue weighted by Gasteiger charge is 2.07. The molecule has 0 saturated carbocycles. The molecule has 0 radical (unpaired) electrons. The summed E-state index contributed by atoms with van der Waals surface area (Å²) in [5.41, 5.74) is 2.78. The maximum atomic E-state index is 13.5. The minimum atomic E-state index is -0.230. The zero-order valence-corrected chi connectivity index (χ0v) is 20.4. The van der Waals surface area contributed by atoms with Gasteiger partial charge in [-0.15, -0.1) is 24.0 Å². The van der Waals surface area contributed by atoms with Crippen molar-refractivity contribution in [3.8, 4) is 0 Å². The largest absolute Gasteiger partial charge is 0.368 e. The molecule has 11 heteroatoms. The summed E-state index contributed by atoms with van der Waals surface area (Å²) in [5.74, 6) is 1.27. The fraction of sp³-hybridized carbons (Fsp3) is 0.333. The number of aryl methyl sites for hydroxylation is 1. The summed E-state index contributed by atoms with van der Waals surface area (Å²) < 4.78 is 15.3. The molecule has 3 aromatic heterocycles. The van der Waals surface area contributed by atoms with E-state index in [4.69, 9.17) is 0 Å². The summed E-state index contributed by atoms with van der Waals surface area (Å²) in [6.07, 6.45) is 5.93. The van der Waals surface area contributed by atoms with Gasteiger partial charge in [0.1, 0.15) is 18.0 Å². The Morgan fingerprint density at radius 3 is 2.91 bits per heavy atom. The third kappa shape index (κ3) is 5.44. The number of aromatic nitrogens is 5. The summed E-state index contributed by atoms with van der Waals surface area (Å²) in [5, 5.41) is 15.9. The molecule has 0 saturated heterocycles. The van der Waals surface area contributed by atoms with Gasteiger partial charge in [-0.2, -0.15) is 5.10 Å². The van der Waals surface area contributed by atoms with Gasteiger partial charge < -0.3 is 20.9 Å². The van der Waals surface area contributed by atoms with Crippen LogP contribution in [0.5, 0.6) is 0 Å². The first-order chi connectivity index (χ1) is 15.2. The predicted octanol–water partition coefficient (Wildman–Crippen LogP) is 2.81. The van der Waals surface area contributed by atoms with Crippen molar-refractivity contribution < 1.29 is 4.39 Å². The number of halogens is 2. The average Bonchev–Trinajstić information content (AvgIpc) is 3.35. The first kappa shape index (κ1) is 23.7. The number of aromatic amines is 1. The Morgan fingerprint density at radius 2 is 2.06 bits per heavy atom. The fourth-order valence-electron chi connectivity index (χ4n) is 3.45. The number of nitrogens with one attached hydrogen (secondary N) is 4. The van der Waals surface area contributed by atoms with Gasteiger partial charge in [0.25, 0.3) is 0 Å². The van der Waals surface area contributed by atoms with E-state index in [1.54, 1.807) is 23.0 Å². The monoisotopic (exact) mass is 551 g/mol. The lowest BCUT2D eigenvalue weighted by Gasteiger charge is -2.12. The van der Waals surface area contributed by atoms with Crippen molar-refractivity contribution in [2.24, 2.45) is 12.0 Å². The van der Waals surface area contributed by atoms with Crippen molar-refractivity contribution in [1.82, 2.24) is 35.4 Å². The summed E-state index contributed by atoms with van der Waals surface area (Å²) in [7, 11) is 1.85. The van der Waals surface area contributed by atoms with Crippen molar-refractivity contribution in [1.29, 1.82) is 0 Å². The van der Waals surface area contributed by atoms with E-state index >= 15 is 0 Å². The van der Waals surface area contributed by atoms with Crippen LogP contribution in [0.3, 0.4) is 0 Å². The average molecular weight is 551 g/mol. The molecule has 3 heterocycles. The molecule has 1 aromatic carbocycles. The lowest BCUT2D eigenvalue weighted by molar-refractivity contribution is 0.629. The molecule has 0 aliphatic carbocycles. The lowest BCUT2D eigenvalue weighted by Crippen LogP contribution is -2.39. The fourth-order valence-corrected chi connectivity index (χ4v) is 3.45. The SMILES string of the molecule is CCNC(=NCCc1c[nH]c2ccc(F)cc12)NCCNc1ncnc2c1cnn2C.I. The van der Waals surface area contributed by atoms with E-state index < -0.39 is 0 Å². The first-order valence-electron chi connectivity index (χ1n) is 10.3. The van der Waals surface area contributed by atoms with E-state index in [0.29, 0.717) is 19.6 Å². The third-order valence-corrected chi connectivity index (χ3v) is 4.96. The van der Waals surface area contributed by atoms with Crippen molar-refractivity contribution in [3.63, 3.8) is 0 Å². The van der Waals surface area contributed by atoms with Crippen LogP contribution in [0.4, 0.5) is 10.2 Å². The lowest BCUT2D eigenvalue weighted by atomic mass is 10.1. The number of anilines is 1. The Bertz CT molecular complexity index is 1200. The van der Waals surface area contributed by atoms with Crippen LogP contribution in [0.1, 0.15) is 12.5 Å². The molecule has 170 valence electrons. The van der Waals surface area contributed by atoms with Gasteiger partial charge in [0.05, 0.1) is 11.6 Å². The predicted molar refractivity (Wildman–Crippen MR) is 136 cm³/mol. The molecular formula is C21H27FIN9. The number of benzene rings is 1. The van der Waals surface area contributed by atoms with Crippen LogP contribution in [0.2, 0.25) is 0 Å². The molecule has 0 unspecified atom stereocenters. The van der Waals surface area contributed by atoms with Gasteiger partial charge in [0, 0.05) is 50.3 Å². The van der Waals surface area contributed by atoms with Crippen LogP contribution in [-0.2, 0) is 13.5 Å². The van der Waals surface area contributed by atoms with Crippen LogP contribution >= 0.6 is 24.0 Å². The number of nitrogens with zero attached hydrogens (tertiary/aromatic N) is 5. The highest BCUT2D eigenvalue weighted by Crippen LogP contribution is 2.20. The Morgan fingerprint density at radius 1 is 1.19 bits per heavy atom.